The molecule has 0 saturated heterocycles. The molecule has 1 aliphatic carbocycles. The molecule has 6 heteroatoms. The van der Waals surface area contributed by atoms with Crippen molar-refractivity contribution in [3.63, 3.8) is 0 Å². The molecule has 1 saturated carbocycles. The Morgan fingerprint density at radius 2 is 1.81 bits per heavy atom. The predicted molar refractivity (Wildman–Crippen MR) is 127 cm³/mol. The minimum absolute atomic E-state index is 0.100. The van der Waals surface area contributed by atoms with Gasteiger partial charge in [0.1, 0.15) is 5.82 Å². The Bertz CT molecular complexity index is 1110. The summed E-state index contributed by atoms with van der Waals surface area (Å²) in [4.78, 5) is 12.3. The third-order valence-corrected chi connectivity index (χ3v) is 6.15. The van der Waals surface area contributed by atoms with Crippen molar-refractivity contribution in [1.29, 1.82) is 0 Å². The Morgan fingerprint density at radius 1 is 1.12 bits per heavy atom. The molecule has 1 aromatic heterocycles. The molecule has 0 radical (unpaired) electrons. The standard InChI is InChI=1S/C26H33FN4O/c1-25(2,3)30-24(32)28-16-26(4,5)23(17-6-7-17)18-8-13-22-19(14-18)15-29-31(22)21-11-9-20(27)10-12-21/h8-15,17,23H,6-7,16H2,1-5H3,(H2,28,30,32). The van der Waals surface area contributed by atoms with E-state index in [4.69, 9.17) is 0 Å². The van der Waals surface area contributed by atoms with E-state index in [0.29, 0.717) is 18.4 Å². The zero-order chi connectivity index (χ0) is 23.1. The van der Waals surface area contributed by atoms with Crippen molar-refractivity contribution in [3.8, 4) is 5.69 Å². The van der Waals surface area contributed by atoms with Crippen LogP contribution in [0.4, 0.5) is 9.18 Å². The van der Waals surface area contributed by atoms with E-state index in [9.17, 15) is 9.18 Å². The van der Waals surface area contributed by atoms with Crippen LogP contribution in [-0.4, -0.2) is 27.9 Å². The third-order valence-electron chi connectivity index (χ3n) is 6.15. The van der Waals surface area contributed by atoms with Crippen LogP contribution >= 0.6 is 0 Å². The van der Waals surface area contributed by atoms with E-state index < -0.39 is 0 Å². The average Bonchev–Trinajstić information content (AvgIpc) is 3.43. The van der Waals surface area contributed by atoms with Gasteiger partial charge in [-0.15, -0.1) is 0 Å². The molecule has 0 bridgehead atoms. The second-order valence-corrected chi connectivity index (χ2v) is 10.7. The lowest BCUT2D eigenvalue weighted by atomic mass is 9.72. The maximum absolute atomic E-state index is 13.3. The van der Waals surface area contributed by atoms with Crippen molar-refractivity contribution in [2.45, 2.75) is 58.9 Å². The van der Waals surface area contributed by atoms with E-state index in [-0.39, 0.29) is 22.8 Å². The molecule has 2 amide bonds. The SMILES string of the molecule is CC(C)(C)NC(=O)NCC(C)(C)C(c1ccc2c(cnn2-c2ccc(F)cc2)c1)C1CC1. The number of hydrogen-bond acceptors (Lipinski definition) is 2. The van der Waals surface area contributed by atoms with Crippen molar-refractivity contribution < 1.29 is 9.18 Å². The van der Waals surface area contributed by atoms with Crippen LogP contribution in [-0.2, 0) is 0 Å². The summed E-state index contributed by atoms with van der Waals surface area (Å²) < 4.78 is 15.2. The number of rotatable bonds is 6. The van der Waals surface area contributed by atoms with Crippen LogP contribution in [0.2, 0.25) is 0 Å². The van der Waals surface area contributed by atoms with E-state index >= 15 is 0 Å². The first-order valence-corrected chi connectivity index (χ1v) is 11.3. The lowest BCUT2D eigenvalue weighted by Crippen LogP contribution is -2.49. The van der Waals surface area contributed by atoms with Gasteiger partial charge in [0, 0.05) is 17.5 Å². The predicted octanol–water partition coefficient (Wildman–Crippen LogP) is 5.78. The van der Waals surface area contributed by atoms with Crippen LogP contribution in [0.15, 0.2) is 48.7 Å². The number of amides is 2. The Hall–Kier alpha value is -2.89. The number of carbonyl (C=O) groups excluding carboxylic acids is 1. The van der Waals surface area contributed by atoms with E-state index in [1.54, 1.807) is 12.1 Å². The van der Waals surface area contributed by atoms with Gasteiger partial charge in [-0.3, -0.25) is 0 Å². The maximum Gasteiger partial charge on any atom is 0.315 e. The molecule has 0 aliphatic heterocycles. The van der Waals surface area contributed by atoms with Gasteiger partial charge >= 0.3 is 6.03 Å². The maximum atomic E-state index is 13.3. The molecule has 170 valence electrons. The largest absolute Gasteiger partial charge is 0.338 e. The van der Waals surface area contributed by atoms with Crippen LogP contribution in [0.5, 0.6) is 0 Å². The van der Waals surface area contributed by atoms with Crippen molar-refractivity contribution in [3.05, 3.63) is 60.0 Å². The molecule has 5 nitrogen and oxygen atoms in total. The van der Waals surface area contributed by atoms with Crippen LogP contribution in [0.25, 0.3) is 16.6 Å². The number of nitrogens with zero attached hydrogens (tertiary/aromatic N) is 2. The zero-order valence-corrected chi connectivity index (χ0v) is 19.6. The topological polar surface area (TPSA) is 59.0 Å². The van der Waals surface area contributed by atoms with E-state index in [1.807, 2.05) is 31.6 Å². The summed E-state index contributed by atoms with van der Waals surface area (Å²) in [5.41, 5.74) is 2.75. The molecule has 32 heavy (non-hydrogen) atoms. The number of benzene rings is 2. The summed E-state index contributed by atoms with van der Waals surface area (Å²) >= 11 is 0. The normalized spacial score (nSPS) is 15.6. The molecule has 2 N–H and O–H groups in total. The lowest BCUT2D eigenvalue weighted by Gasteiger charge is -2.36. The molecule has 2 aromatic carbocycles. The Labute approximate surface area is 189 Å². The summed E-state index contributed by atoms with van der Waals surface area (Å²) in [6.07, 6.45) is 4.30. The Balaban J connectivity index is 1.57. The van der Waals surface area contributed by atoms with Gasteiger partial charge in [0.15, 0.2) is 0 Å². The highest BCUT2D eigenvalue weighted by atomic mass is 19.1. The summed E-state index contributed by atoms with van der Waals surface area (Å²) in [5.74, 6) is 0.713. The molecule has 4 rings (SSSR count). The lowest BCUT2D eigenvalue weighted by molar-refractivity contribution is 0.213. The quantitative estimate of drug-likeness (QED) is 0.514. The molecule has 1 aliphatic rings. The molecular weight excluding hydrogens is 403 g/mol. The van der Waals surface area contributed by atoms with Crippen molar-refractivity contribution in [2.24, 2.45) is 11.3 Å². The average molecular weight is 437 g/mol. The van der Waals surface area contributed by atoms with Gasteiger partial charge in [-0.05, 0) is 92.8 Å². The second-order valence-electron chi connectivity index (χ2n) is 10.7. The van der Waals surface area contributed by atoms with Gasteiger partial charge in [0.05, 0.1) is 17.4 Å². The minimum Gasteiger partial charge on any atom is -0.338 e. The summed E-state index contributed by atoms with van der Waals surface area (Å²) in [6, 6.07) is 12.8. The van der Waals surface area contributed by atoms with E-state index in [2.05, 4.69) is 47.8 Å². The van der Waals surface area contributed by atoms with Gasteiger partial charge in [-0.2, -0.15) is 5.10 Å². The molecule has 1 heterocycles. The fraction of sp³-hybridized carbons (Fsp3) is 0.462. The molecule has 1 unspecified atom stereocenters. The molecule has 1 fully saturated rings. The van der Waals surface area contributed by atoms with Crippen molar-refractivity contribution in [1.82, 2.24) is 20.4 Å². The number of hydrogen-bond donors (Lipinski definition) is 2. The van der Waals surface area contributed by atoms with Crippen LogP contribution < -0.4 is 10.6 Å². The molecule has 3 aromatic rings. The van der Waals surface area contributed by atoms with E-state index in [1.165, 1.54) is 30.5 Å². The molecular formula is C26H33FN4O. The number of urea groups is 1. The number of halogens is 1. The highest BCUT2D eigenvalue weighted by Gasteiger charge is 2.42. The van der Waals surface area contributed by atoms with Gasteiger partial charge < -0.3 is 10.6 Å². The van der Waals surface area contributed by atoms with Gasteiger partial charge in [0.2, 0.25) is 0 Å². The van der Waals surface area contributed by atoms with Gasteiger partial charge in [0.25, 0.3) is 0 Å². The van der Waals surface area contributed by atoms with Gasteiger partial charge in [-0.1, -0.05) is 19.9 Å². The van der Waals surface area contributed by atoms with Crippen LogP contribution in [0.3, 0.4) is 0 Å². The molecule has 1 atom stereocenters. The zero-order valence-electron chi connectivity index (χ0n) is 19.6. The Morgan fingerprint density at radius 3 is 2.44 bits per heavy atom. The number of carbonyl (C=O) groups is 1. The first kappa shape index (κ1) is 22.3. The number of fused-ring (bicyclic) bond motifs is 1. The fourth-order valence-corrected chi connectivity index (χ4v) is 4.63. The van der Waals surface area contributed by atoms with Gasteiger partial charge in [-0.25, -0.2) is 13.9 Å². The first-order chi connectivity index (χ1) is 15.0. The van der Waals surface area contributed by atoms with Crippen molar-refractivity contribution in [2.75, 3.05) is 6.54 Å². The Kier molecular flexibility index (Phi) is 5.74. The summed E-state index contributed by atoms with van der Waals surface area (Å²) in [6.45, 7) is 11.0. The first-order valence-electron chi connectivity index (χ1n) is 11.3. The number of nitrogens with one attached hydrogen (secondary N) is 2. The summed E-state index contributed by atoms with van der Waals surface area (Å²) in [7, 11) is 0. The highest BCUT2D eigenvalue weighted by molar-refractivity contribution is 5.81. The van der Waals surface area contributed by atoms with Crippen LogP contribution in [0.1, 0.15) is 58.9 Å². The fourth-order valence-electron chi connectivity index (χ4n) is 4.63. The molecule has 0 spiro atoms. The van der Waals surface area contributed by atoms with E-state index in [0.717, 1.165) is 16.6 Å². The monoisotopic (exact) mass is 436 g/mol. The number of aromatic nitrogens is 2. The highest BCUT2D eigenvalue weighted by Crippen LogP contribution is 2.51. The smallest absolute Gasteiger partial charge is 0.315 e. The van der Waals surface area contributed by atoms with Crippen molar-refractivity contribution >= 4 is 16.9 Å². The summed E-state index contributed by atoms with van der Waals surface area (Å²) in [5, 5.41) is 11.7. The minimum atomic E-state index is -0.264. The van der Waals surface area contributed by atoms with Crippen LogP contribution in [0, 0.1) is 17.2 Å². The second kappa shape index (κ2) is 8.23. The third kappa shape index (κ3) is 4.95.